The lowest BCUT2D eigenvalue weighted by Crippen LogP contribution is -2.40. The highest BCUT2D eigenvalue weighted by Crippen LogP contribution is 2.45. The Kier molecular flexibility index (Phi) is 6.27. The number of anilines is 1. The molecule has 0 bridgehead atoms. The largest absolute Gasteiger partial charge is 0.493 e. The Morgan fingerprint density at radius 3 is 2.23 bits per heavy atom. The van der Waals surface area contributed by atoms with E-state index in [9.17, 15) is 9.59 Å². The van der Waals surface area contributed by atoms with Gasteiger partial charge >= 0.3 is 0 Å². The van der Waals surface area contributed by atoms with Crippen LogP contribution in [0.4, 0.5) is 5.69 Å². The number of nitrogens with zero attached hydrogens (tertiary/aromatic N) is 1. The summed E-state index contributed by atoms with van der Waals surface area (Å²) in [5.74, 6) is 2.39. The molecule has 0 radical (unpaired) electrons. The molecule has 5 rings (SSSR count). The molecule has 2 aliphatic rings. The average Bonchev–Trinajstić information content (AvgIpc) is 2.89. The number of hydrogen-bond donors (Lipinski definition) is 0. The van der Waals surface area contributed by atoms with Crippen LogP contribution in [0.2, 0.25) is 0 Å². The Balaban J connectivity index is 1.50. The summed E-state index contributed by atoms with van der Waals surface area (Å²) >= 11 is 0. The first-order valence-corrected chi connectivity index (χ1v) is 11.7. The zero-order valence-corrected chi connectivity index (χ0v) is 19.8. The highest BCUT2D eigenvalue weighted by Gasteiger charge is 2.40. The minimum atomic E-state index is -0.304. The van der Waals surface area contributed by atoms with Gasteiger partial charge in [0, 0.05) is 35.7 Å². The van der Waals surface area contributed by atoms with Gasteiger partial charge in [-0.1, -0.05) is 24.3 Å². The predicted molar refractivity (Wildman–Crippen MR) is 133 cm³/mol. The predicted octanol–water partition coefficient (Wildman–Crippen LogP) is 6.02. The number of hydrogen-bond acceptors (Lipinski definition) is 5. The van der Waals surface area contributed by atoms with Gasteiger partial charge in [-0.15, -0.1) is 0 Å². The molecule has 0 fully saturated rings. The molecule has 1 heterocycles. The number of Topliss-reactive ketones (excluding diaryl/α,β-unsaturated/α-hetero) is 1. The van der Waals surface area contributed by atoms with E-state index in [1.54, 1.807) is 19.1 Å². The van der Waals surface area contributed by atoms with Crippen molar-refractivity contribution in [3.05, 3.63) is 89.6 Å². The first kappa shape index (κ1) is 22.7. The zero-order valence-electron chi connectivity index (χ0n) is 19.8. The van der Waals surface area contributed by atoms with Crippen molar-refractivity contribution in [3.8, 4) is 23.0 Å². The Morgan fingerprint density at radius 2 is 1.51 bits per heavy atom. The van der Waals surface area contributed by atoms with Gasteiger partial charge in [0.05, 0.1) is 14.2 Å². The van der Waals surface area contributed by atoms with Crippen LogP contribution in [0.25, 0.3) is 0 Å². The van der Waals surface area contributed by atoms with Crippen molar-refractivity contribution in [2.24, 2.45) is 0 Å². The minimum absolute atomic E-state index is 0.0324. The molecule has 1 atom stereocenters. The molecular formula is C29H27NO5. The third kappa shape index (κ3) is 4.39. The summed E-state index contributed by atoms with van der Waals surface area (Å²) in [5, 5.41) is 0. The topological polar surface area (TPSA) is 65.1 Å². The number of allylic oxidation sites excluding steroid dienone is 2. The van der Waals surface area contributed by atoms with Gasteiger partial charge in [-0.05, 0) is 66.9 Å². The third-order valence-electron chi connectivity index (χ3n) is 6.56. The van der Waals surface area contributed by atoms with Crippen LogP contribution in [0.1, 0.15) is 37.2 Å². The van der Waals surface area contributed by atoms with Gasteiger partial charge in [-0.3, -0.25) is 14.5 Å². The second-order valence-corrected chi connectivity index (χ2v) is 8.65. The Labute approximate surface area is 204 Å². The summed E-state index contributed by atoms with van der Waals surface area (Å²) in [4.78, 5) is 28.4. The van der Waals surface area contributed by atoms with Crippen molar-refractivity contribution in [3.63, 3.8) is 0 Å². The fraction of sp³-hybridized carbons (Fsp3) is 0.241. The molecule has 178 valence electrons. The van der Waals surface area contributed by atoms with Gasteiger partial charge in [0.2, 0.25) is 5.91 Å². The molecule has 1 amide bonds. The molecule has 35 heavy (non-hydrogen) atoms. The molecule has 6 nitrogen and oxygen atoms in total. The maximum absolute atomic E-state index is 13.5. The zero-order chi connectivity index (χ0) is 24.4. The standard InChI is InChI=1S/C29H27NO5/c1-33-26-16-11-19(17-27(26)34-2)23-18-28(32)30(24-9-6-10-25(31)29(23)24)20-12-14-22(15-13-20)35-21-7-4-3-5-8-21/h3-5,7-8,11-17,23H,6,9-10,18H2,1-2H3. The molecule has 0 spiro atoms. The van der Waals surface area contributed by atoms with Gasteiger partial charge in [-0.2, -0.15) is 0 Å². The lowest BCUT2D eigenvalue weighted by molar-refractivity contribution is -0.119. The highest BCUT2D eigenvalue weighted by atomic mass is 16.5. The fourth-order valence-electron chi connectivity index (χ4n) is 4.93. The van der Waals surface area contributed by atoms with Crippen LogP contribution < -0.4 is 19.1 Å². The molecule has 0 aromatic heterocycles. The quantitative estimate of drug-likeness (QED) is 0.441. The van der Waals surface area contributed by atoms with E-state index in [1.165, 1.54) is 0 Å². The summed E-state index contributed by atoms with van der Waals surface area (Å²) in [6, 6.07) is 22.6. The molecule has 1 aliphatic heterocycles. The van der Waals surface area contributed by atoms with Crippen molar-refractivity contribution in [1.82, 2.24) is 0 Å². The molecule has 3 aromatic rings. The summed E-state index contributed by atoms with van der Waals surface area (Å²) in [6.07, 6.45) is 2.12. The lowest BCUT2D eigenvalue weighted by atomic mass is 9.77. The Bertz CT molecular complexity index is 1280. The number of amides is 1. The van der Waals surface area contributed by atoms with E-state index in [2.05, 4.69) is 0 Å². The van der Waals surface area contributed by atoms with E-state index in [1.807, 2.05) is 72.8 Å². The Hall–Kier alpha value is -4.06. The van der Waals surface area contributed by atoms with Crippen LogP contribution in [-0.2, 0) is 9.59 Å². The van der Waals surface area contributed by atoms with Crippen molar-refractivity contribution < 1.29 is 23.8 Å². The normalized spacial score (nSPS) is 17.8. The molecule has 3 aromatic carbocycles. The second kappa shape index (κ2) is 9.66. The van der Waals surface area contributed by atoms with Crippen molar-refractivity contribution in [2.45, 2.75) is 31.6 Å². The van der Waals surface area contributed by atoms with Crippen LogP contribution in [-0.4, -0.2) is 25.9 Å². The molecule has 1 aliphatic carbocycles. The van der Waals surface area contributed by atoms with E-state index >= 15 is 0 Å². The van der Waals surface area contributed by atoms with Gasteiger partial charge in [0.15, 0.2) is 17.3 Å². The number of methoxy groups -OCH3 is 2. The molecule has 6 heteroatoms. The maximum Gasteiger partial charge on any atom is 0.232 e. The highest BCUT2D eigenvalue weighted by molar-refractivity contribution is 6.07. The molecule has 0 saturated heterocycles. The number of carbonyl (C=O) groups is 2. The summed E-state index contributed by atoms with van der Waals surface area (Å²) in [6.45, 7) is 0. The fourth-order valence-corrected chi connectivity index (χ4v) is 4.93. The van der Waals surface area contributed by atoms with Crippen molar-refractivity contribution in [2.75, 3.05) is 19.1 Å². The number of benzene rings is 3. The van der Waals surface area contributed by atoms with Gasteiger partial charge < -0.3 is 14.2 Å². The second-order valence-electron chi connectivity index (χ2n) is 8.65. The smallest absolute Gasteiger partial charge is 0.232 e. The van der Waals surface area contributed by atoms with E-state index in [0.29, 0.717) is 30.1 Å². The number of ether oxygens (including phenoxy) is 3. The van der Waals surface area contributed by atoms with Gasteiger partial charge in [0.1, 0.15) is 11.5 Å². The summed E-state index contributed by atoms with van der Waals surface area (Å²) in [7, 11) is 3.16. The average molecular weight is 470 g/mol. The van der Waals surface area contributed by atoms with Crippen molar-refractivity contribution >= 4 is 17.4 Å². The number of carbonyl (C=O) groups excluding carboxylic acids is 2. The number of para-hydroxylation sites is 1. The summed E-state index contributed by atoms with van der Waals surface area (Å²) in [5.41, 5.74) is 3.15. The first-order chi connectivity index (χ1) is 17.1. The molecule has 0 N–H and O–H groups in total. The van der Waals surface area contributed by atoms with Crippen LogP contribution in [0.5, 0.6) is 23.0 Å². The van der Waals surface area contributed by atoms with Gasteiger partial charge in [0.25, 0.3) is 0 Å². The number of ketones is 1. The molecule has 0 saturated carbocycles. The molecular weight excluding hydrogens is 442 g/mol. The maximum atomic E-state index is 13.5. The van der Waals surface area contributed by atoms with Crippen LogP contribution >= 0.6 is 0 Å². The minimum Gasteiger partial charge on any atom is -0.493 e. The van der Waals surface area contributed by atoms with E-state index in [0.717, 1.165) is 34.7 Å². The van der Waals surface area contributed by atoms with E-state index in [-0.39, 0.29) is 24.0 Å². The van der Waals surface area contributed by atoms with Crippen molar-refractivity contribution in [1.29, 1.82) is 0 Å². The van der Waals surface area contributed by atoms with Crippen LogP contribution in [0, 0.1) is 0 Å². The van der Waals surface area contributed by atoms with Gasteiger partial charge in [-0.25, -0.2) is 0 Å². The van der Waals surface area contributed by atoms with Crippen LogP contribution in [0.3, 0.4) is 0 Å². The third-order valence-corrected chi connectivity index (χ3v) is 6.56. The SMILES string of the molecule is COc1ccc(C2CC(=O)N(c3ccc(Oc4ccccc4)cc3)C3=C2C(=O)CCC3)cc1OC. The Morgan fingerprint density at radius 1 is 0.800 bits per heavy atom. The van der Waals surface area contributed by atoms with Crippen LogP contribution in [0.15, 0.2) is 84.1 Å². The summed E-state index contributed by atoms with van der Waals surface area (Å²) < 4.78 is 16.7. The first-order valence-electron chi connectivity index (χ1n) is 11.7. The van der Waals surface area contributed by atoms with E-state index < -0.39 is 0 Å². The number of rotatable bonds is 6. The van der Waals surface area contributed by atoms with E-state index in [4.69, 9.17) is 14.2 Å². The monoisotopic (exact) mass is 469 g/mol. The molecule has 1 unspecified atom stereocenters. The lowest BCUT2D eigenvalue weighted by Gasteiger charge is -2.38.